The number of sulfone groups is 1. The van der Waals surface area contributed by atoms with Crippen LogP contribution in [-0.4, -0.2) is 19.9 Å². The minimum atomic E-state index is -2.96. The monoisotopic (exact) mass is 307 g/mol. The van der Waals surface area contributed by atoms with E-state index in [1.807, 2.05) is 0 Å². The molecule has 0 aromatic heterocycles. The van der Waals surface area contributed by atoms with E-state index in [-0.39, 0.29) is 16.7 Å². The van der Waals surface area contributed by atoms with Crippen molar-refractivity contribution in [2.45, 2.75) is 55.7 Å². The van der Waals surface area contributed by atoms with E-state index in [0.29, 0.717) is 0 Å². The van der Waals surface area contributed by atoms with Gasteiger partial charge in [0, 0.05) is 11.8 Å². The summed E-state index contributed by atoms with van der Waals surface area (Å²) in [5.74, 6) is 0.285. The molecule has 2 N–H and O–H groups in total. The molecule has 4 heteroatoms. The molecule has 0 spiro atoms. The molecular formula is C17H25NO2S. The average Bonchev–Trinajstić information content (AvgIpc) is 2.47. The van der Waals surface area contributed by atoms with E-state index in [4.69, 9.17) is 5.73 Å². The lowest BCUT2D eigenvalue weighted by molar-refractivity contribution is 0.183. The third-order valence-corrected chi connectivity index (χ3v) is 7.15. The Morgan fingerprint density at radius 2 is 1.95 bits per heavy atom. The Hall–Kier alpha value is -0.870. The van der Waals surface area contributed by atoms with Crippen LogP contribution in [0.3, 0.4) is 0 Å². The van der Waals surface area contributed by atoms with E-state index in [1.165, 1.54) is 17.4 Å². The largest absolute Gasteiger partial charge is 0.321 e. The summed E-state index contributed by atoms with van der Waals surface area (Å²) in [4.78, 5) is 0. The Kier molecular flexibility index (Phi) is 3.87. The second-order valence-corrected chi connectivity index (χ2v) is 9.19. The van der Waals surface area contributed by atoms with Crippen molar-refractivity contribution in [1.82, 2.24) is 0 Å². The van der Waals surface area contributed by atoms with Gasteiger partial charge in [-0.25, -0.2) is 8.42 Å². The van der Waals surface area contributed by atoms with Gasteiger partial charge >= 0.3 is 0 Å². The second kappa shape index (κ2) is 5.40. The van der Waals surface area contributed by atoms with Crippen LogP contribution >= 0.6 is 0 Å². The van der Waals surface area contributed by atoms with Crippen LogP contribution in [0.1, 0.15) is 49.7 Å². The van der Waals surface area contributed by atoms with Gasteiger partial charge in [0.15, 0.2) is 0 Å². The van der Waals surface area contributed by atoms with Crippen LogP contribution in [0.2, 0.25) is 0 Å². The van der Waals surface area contributed by atoms with Gasteiger partial charge in [0.05, 0.1) is 5.25 Å². The van der Waals surface area contributed by atoms with Gasteiger partial charge in [-0.05, 0) is 55.6 Å². The van der Waals surface area contributed by atoms with Crippen molar-refractivity contribution in [3.05, 3.63) is 35.4 Å². The number of fused-ring (bicyclic) bond motifs is 1. The molecule has 116 valence electrons. The molecule has 2 aliphatic rings. The number of nitrogens with two attached hydrogens (primary N) is 1. The number of hydrogen-bond acceptors (Lipinski definition) is 3. The molecule has 0 heterocycles. The van der Waals surface area contributed by atoms with Crippen LogP contribution in [-0.2, 0) is 21.8 Å². The van der Waals surface area contributed by atoms with Crippen LogP contribution in [0, 0.1) is 5.92 Å². The maximum atomic E-state index is 11.9. The Bertz CT molecular complexity index is 625. The summed E-state index contributed by atoms with van der Waals surface area (Å²) >= 11 is 0. The lowest BCUT2D eigenvalue weighted by Crippen LogP contribution is -2.49. The summed E-state index contributed by atoms with van der Waals surface area (Å²) < 4.78 is 23.8. The number of aryl methyl sites for hydroxylation is 1. The molecule has 3 atom stereocenters. The SMILES string of the molecule is CS(=O)(=O)C1CCCC(C2(N)CCCc3ccccc32)C1. The van der Waals surface area contributed by atoms with E-state index < -0.39 is 9.84 Å². The van der Waals surface area contributed by atoms with E-state index in [9.17, 15) is 8.42 Å². The highest BCUT2D eigenvalue weighted by Gasteiger charge is 2.43. The van der Waals surface area contributed by atoms with Crippen molar-refractivity contribution in [2.24, 2.45) is 11.7 Å². The normalized spacial score (nSPS) is 33.4. The van der Waals surface area contributed by atoms with Crippen LogP contribution in [0.5, 0.6) is 0 Å². The maximum absolute atomic E-state index is 11.9. The minimum Gasteiger partial charge on any atom is -0.321 e. The Morgan fingerprint density at radius 1 is 1.19 bits per heavy atom. The van der Waals surface area contributed by atoms with Gasteiger partial charge in [-0.15, -0.1) is 0 Å². The summed E-state index contributed by atoms with van der Waals surface area (Å²) in [5.41, 5.74) is 9.13. The Labute approximate surface area is 127 Å². The third kappa shape index (κ3) is 2.76. The molecule has 0 aliphatic heterocycles. The zero-order chi connectivity index (χ0) is 15.1. The molecule has 0 bridgehead atoms. The molecule has 3 rings (SSSR count). The lowest BCUT2D eigenvalue weighted by atomic mass is 9.65. The topological polar surface area (TPSA) is 60.2 Å². The van der Waals surface area contributed by atoms with Crippen molar-refractivity contribution in [1.29, 1.82) is 0 Å². The molecular weight excluding hydrogens is 282 g/mol. The number of rotatable bonds is 2. The molecule has 1 aromatic carbocycles. The predicted molar refractivity (Wildman–Crippen MR) is 85.8 cm³/mol. The van der Waals surface area contributed by atoms with Crippen LogP contribution < -0.4 is 5.73 Å². The molecule has 0 radical (unpaired) electrons. The molecule has 0 amide bonds. The summed E-state index contributed by atoms with van der Waals surface area (Å²) in [6, 6.07) is 8.46. The van der Waals surface area contributed by atoms with Gasteiger partial charge in [0.1, 0.15) is 9.84 Å². The van der Waals surface area contributed by atoms with Gasteiger partial charge in [-0.3, -0.25) is 0 Å². The summed E-state index contributed by atoms with van der Waals surface area (Å²) in [5, 5.41) is -0.203. The first-order valence-electron chi connectivity index (χ1n) is 7.97. The quantitative estimate of drug-likeness (QED) is 0.914. The zero-order valence-corrected chi connectivity index (χ0v) is 13.5. The second-order valence-electron chi connectivity index (χ2n) is 6.87. The van der Waals surface area contributed by atoms with Crippen molar-refractivity contribution in [3.8, 4) is 0 Å². The van der Waals surface area contributed by atoms with Crippen LogP contribution in [0.25, 0.3) is 0 Å². The van der Waals surface area contributed by atoms with Crippen LogP contribution in [0.4, 0.5) is 0 Å². The first-order chi connectivity index (χ1) is 9.91. The fraction of sp³-hybridized carbons (Fsp3) is 0.647. The highest BCUT2D eigenvalue weighted by atomic mass is 32.2. The standard InChI is InChI=1S/C17H25NO2S/c1-21(19,20)15-9-4-8-14(12-15)17(18)11-5-7-13-6-2-3-10-16(13)17/h2-3,6,10,14-15H,4-5,7-9,11-12,18H2,1H3. The Morgan fingerprint density at radius 3 is 2.71 bits per heavy atom. The first-order valence-corrected chi connectivity index (χ1v) is 9.93. The van der Waals surface area contributed by atoms with Crippen molar-refractivity contribution >= 4 is 9.84 Å². The number of hydrogen-bond donors (Lipinski definition) is 1. The molecule has 3 unspecified atom stereocenters. The molecule has 3 nitrogen and oxygen atoms in total. The number of benzene rings is 1. The first kappa shape index (κ1) is 15.0. The molecule has 2 aliphatic carbocycles. The van der Waals surface area contributed by atoms with Crippen molar-refractivity contribution in [2.75, 3.05) is 6.26 Å². The highest BCUT2D eigenvalue weighted by Crippen LogP contribution is 2.45. The maximum Gasteiger partial charge on any atom is 0.150 e. The van der Waals surface area contributed by atoms with E-state index in [0.717, 1.165) is 44.9 Å². The van der Waals surface area contributed by atoms with Gasteiger partial charge in [-0.2, -0.15) is 0 Å². The van der Waals surface area contributed by atoms with Gasteiger partial charge in [0.2, 0.25) is 0 Å². The molecule has 1 fully saturated rings. The third-order valence-electron chi connectivity index (χ3n) is 5.52. The fourth-order valence-electron chi connectivity index (χ4n) is 4.32. The fourth-order valence-corrected chi connectivity index (χ4v) is 5.50. The minimum absolute atomic E-state index is 0.203. The zero-order valence-electron chi connectivity index (χ0n) is 12.7. The molecule has 21 heavy (non-hydrogen) atoms. The Balaban J connectivity index is 1.93. The summed E-state index contributed by atoms with van der Waals surface area (Å²) in [6.07, 6.45) is 8.10. The van der Waals surface area contributed by atoms with Crippen molar-refractivity contribution in [3.63, 3.8) is 0 Å². The van der Waals surface area contributed by atoms with Gasteiger partial charge in [-0.1, -0.05) is 30.7 Å². The molecule has 0 saturated heterocycles. The summed E-state index contributed by atoms with van der Waals surface area (Å²) in [6.45, 7) is 0. The smallest absolute Gasteiger partial charge is 0.150 e. The lowest BCUT2D eigenvalue weighted by Gasteiger charge is -2.45. The van der Waals surface area contributed by atoms with E-state index >= 15 is 0 Å². The van der Waals surface area contributed by atoms with Crippen molar-refractivity contribution < 1.29 is 8.42 Å². The van der Waals surface area contributed by atoms with E-state index in [1.54, 1.807) is 0 Å². The van der Waals surface area contributed by atoms with Gasteiger partial charge in [0.25, 0.3) is 0 Å². The molecule has 1 aromatic rings. The summed E-state index contributed by atoms with van der Waals surface area (Å²) in [7, 11) is -2.96. The van der Waals surface area contributed by atoms with Gasteiger partial charge < -0.3 is 5.73 Å². The average molecular weight is 307 g/mol. The van der Waals surface area contributed by atoms with Crippen LogP contribution in [0.15, 0.2) is 24.3 Å². The predicted octanol–water partition coefficient (Wildman–Crippen LogP) is 2.78. The highest BCUT2D eigenvalue weighted by molar-refractivity contribution is 7.91. The van der Waals surface area contributed by atoms with E-state index in [2.05, 4.69) is 24.3 Å². The molecule has 1 saturated carbocycles.